The SMILES string of the molecule is Cc1ccc(N(C(=O)c2ccccc2)C2CCN(Cc3ccc(F)cc3)CC2)cc1F. The highest BCUT2D eigenvalue weighted by Crippen LogP contribution is 2.28. The lowest BCUT2D eigenvalue weighted by atomic mass is 10.00. The van der Waals surface area contributed by atoms with E-state index in [2.05, 4.69) is 4.90 Å². The van der Waals surface area contributed by atoms with Crippen LogP contribution in [0.4, 0.5) is 14.5 Å². The van der Waals surface area contributed by atoms with Gasteiger partial charge in [0.15, 0.2) is 0 Å². The number of halogens is 2. The molecule has 1 saturated heterocycles. The summed E-state index contributed by atoms with van der Waals surface area (Å²) in [5.74, 6) is -0.652. The number of carbonyl (C=O) groups excluding carboxylic acids is 1. The zero-order valence-corrected chi connectivity index (χ0v) is 17.6. The molecule has 3 aromatic rings. The van der Waals surface area contributed by atoms with Gasteiger partial charge in [-0.15, -0.1) is 0 Å². The highest BCUT2D eigenvalue weighted by molar-refractivity contribution is 6.06. The molecule has 0 aromatic heterocycles. The summed E-state index contributed by atoms with van der Waals surface area (Å²) in [6, 6.07) is 20.7. The lowest BCUT2D eigenvalue weighted by molar-refractivity contribution is 0.0958. The van der Waals surface area contributed by atoms with Gasteiger partial charge in [-0.1, -0.05) is 36.4 Å². The maximum absolute atomic E-state index is 14.3. The van der Waals surface area contributed by atoms with Gasteiger partial charge in [-0.2, -0.15) is 0 Å². The summed E-state index contributed by atoms with van der Waals surface area (Å²) in [5.41, 5.74) is 2.81. The van der Waals surface area contributed by atoms with Crippen molar-refractivity contribution in [2.24, 2.45) is 0 Å². The number of likely N-dealkylation sites (tertiary alicyclic amines) is 1. The third-order valence-corrected chi connectivity index (χ3v) is 5.91. The van der Waals surface area contributed by atoms with Gasteiger partial charge in [0.25, 0.3) is 5.91 Å². The first-order valence-electron chi connectivity index (χ1n) is 10.6. The first kappa shape index (κ1) is 21.2. The number of benzene rings is 3. The minimum atomic E-state index is -0.308. The number of anilines is 1. The van der Waals surface area contributed by atoms with Crippen LogP contribution in [0.3, 0.4) is 0 Å². The highest BCUT2D eigenvalue weighted by atomic mass is 19.1. The van der Waals surface area contributed by atoms with Gasteiger partial charge in [-0.05, 0) is 67.3 Å². The molecule has 0 spiro atoms. The van der Waals surface area contributed by atoms with Crippen LogP contribution < -0.4 is 4.90 Å². The molecule has 160 valence electrons. The Bertz CT molecular complexity index is 1030. The second-order valence-corrected chi connectivity index (χ2v) is 8.11. The van der Waals surface area contributed by atoms with Crippen molar-refractivity contribution < 1.29 is 13.6 Å². The van der Waals surface area contributed by atoms with E-state index in [1.54, 1.807) is 30.0 Å². The molecule has 0 N–H and O–H groups in total. The Morgan fingerprint density at radius 3 is 2.29 bits per heavy atom. The van der Waals surface area contributed by atoms with Crippen molar-refractivity contribution in [3.05, 3.63) is 101 Å². The van der Waals surface area contributed by atoms with Crippen LogP contribution in [0.1, 0.15) is 34.3 Å². The van der Waals surface area contributed by atoms with E-state index in [1.807, 2.05) is 36.4 Å². The van der Waals surface area contributed by atoms with Gasteiger partial charge in [0.1, 0.15) is 11.6 Å². The average Bonchev–Trinajstić information content (AvgIpc) is 2.79. The number of piperidine rings is 1. The molecule has 0 bridgehead atoms. The monoisotopic (exact) mass is 420 g/mol. The van der Waals surface area contributed by atoms with E-state index in [0.717, 1.165) is 38.0 Å². The number of carbonyl (C=O) groups is 1. The van der Waals surface area contributed by atoms with Crippen LogP contribution in [0.25, 0.3) is 0 Å². The molecule has 1 aliphatic rings. The summed E-state index contributed by atoms with van der Waals surface area (Å²) < 4.78 is 27.5. The molecule has 0 atom stereocenters. The van der Waals surface area contributed by atoms with E-state index in [1.165, 1.54) is 18.2 Å². The van der Waals surface area contributed by atoms with Crippen molar-refractivity contribution in [3.63, 3.8) is 0 Å². The third-order valence-electron chi connectivity index (χ3n) is 5.91. The third kappa shape index (κ3) is 5.00. The Hall–Kier alpha value is -3.05. The van der Waals surface area contributed by atoms with E-state index >= 15 is 0 Å². The van der Waals surface area contributed by atoms with Crippen LogP contribution in [-0.2, 0) is 6.54 Å². The zero-order valence-electron chi connectivity index (χ0n) is 17.6. The molecule has 1 fully saturated rings. The maximum atomic E-state index is 14.3. The highest BCUT2D eigenvalue weighted by Gasteiger charge is 2.30. The molecule has 3 aromatic carbocycles. The van der Waals surface area contributed by atoms with Crippen LogP contribution in [0, 0.1) is 18.6 Å². The minimum Gasteiger partial charge on any atom is -0.305 e. The number of rotatable bonds is 5. The van der Waals surface area contributed by atoms with Gasteiger partial charge in [0.05, 0.1) is 0 Å². The first-order valence-corrected chi connectivity index (χ1v) is 10.6. The fraction of sp³-hybridized carbons (Fsp3) is 0.269. The fourth-order valence-electron chi connectivity index (χ4n) is 4.13. The Morgan fingerprint density at radius 1 is 0.968 bits per heavy atom. The number of hydrogen-bond acceptors (Lipinski definition) is 2. The molecular weight excluding hydrogens is 394 g/mol. The molecule has 3 nitrogen and oxygen atoms in total. The van der Waals surface area contributed by atoms with Gasteiger partial charge >= 0.3 is 0 Å². The smallest absolute Gasteiger partial charge is 0.258 e. The molecule has 1 aliphatic heterocycles. The summed E-state index contributed by atoms with van der Waals surface area (Å²) in [5, 5.41) is 0. The Morgan fingerprint density at radius 2 is 1.65 bits per heavy atom. The summed E-state index contributed by atoms with van der Waals surface area (Å²) in [4.78, 5) is 17.5. The summed E-state index contributed by atoms with van der Waals surface area (Å²) in [6.45, 7) is 4.10. The van der Waals surface area contributed by atoms with Gasteiger partial charge < -0.3 is 4.90 Å². The molecule has 0 radical (unpaired) electrons. The number of hydrogen-bond donors (Lipinski definition) is 0. The van der Waals surface area contributed by atoms with Crippen molar-refractivity contribution >= 4 is 11.6 Å². The number of aryl methyl sites for hydroxylation is 1. The van der Waals surface area contributed by atoms with Crippen molar-refractivity contribution in [1.82, 2.24) is 4.90 Å². The lowest BCUT2D eigenvalue weighted by Crippen LogP contribution is -2.47. The van der Waals surface area contributed by atoms with E-state index in [0.29, 0.717) is 16.8 Å². The molecule has 5 heteroatoms. The van der Waals surface area contributed by atoms with Crippen LogP contribution in [-0.4, -0.2) is 29.9 Å². The van der Waals surface area contributed by atoms with E-state index in [9.17, 15) is 13.6 Å². The lowest BCUT2D eigenvalue weighted by Gasteiger charge is -2.38. The van der Waals surface area contributed by atoms with E-state index < -0.39 is 0 Å². The second kappa shape index (κ2) is 9.40. The maximum Gasteiger partial charge on any atom is 0.258 e. The summed E-state index contributed by atoms with van der Waals surface area (Å²) in [7, 11) is 0. The standard InChI is InChI=1S/C26H26F2N2O/c1-19-7-12-24(17-25(19)28)30(26(31)21-5-3-2-4-6-21)23-13-15-29(16-14-23)18-20-8-10-22(27)11-9-20/h2-12,17,23H,13-16,18H2,1H3. The Balaban J connectivity index is 1.52. The zero-order chi connectivity index (χ0) is 21.8. The molecule has 0 aliphatic carbocycles. The molecule has 4 rings (SSSR count). The summed E-state index contributed by atoms with van der Waals surface area (Å²) in [6.07, 6.45) is 1.57. The molecule has 31 heavy (non-hydrogen) atoms. The normalized spacial score (nSPS) is 15.1. The Labute approximate surface area is 181 Å². The van der Waals surface area contributed by atoms with Crippen LogP contribution >= 0.6 is 0 Å². The minimum absolute atomic E-state index is 0.0146. The van der Waals surface area contributed by atoms with Gasteiger partial charge in [0.2, 0.25) is 0 Å². The molecule has 0 saturated carbocycles. The number of nitrogens with zero attached hydrogens (tertiary/aromatic N) is 2. The quantitative estimate of drug-likeness (QED) is 0.538. The molecular formula is C26H26F2N2O. The van der Waals surface area contributed by atoms with Crippen molar-refractivity contribution in [3.8, 4) is 0 Å². The van der Waals surface area contributed by atoms with Gasteiger partial charge in [0, 0.05) is 36.9 Å². The molecule has 1 heterocycles. The topological polar surface area (TPSA) is 23.6 Å². The van der Waals surface area contributed by atoms with Crippen molar-refractivity contribution in [2.75, 3.05) is 18.0 Å². The predicted molar refractivity (Wildman–Crippen MR) is 119 cm³/mol. The van der Waals surface area contributed by atoms with Crippen molar-refractivity contribution in [2.45, 2.75) is 32.4 Å². The summed E-state index contributed by atoms with van der Waals surface area (Å²) >= 11 is 0. The van der Waals surface area contributed by atoms with Crippen LogP contribution in [0.2, 0.25) is 0 Å². The van der Waals surface area contributed by atoms with Crippen molar-refractivity contribution in [1.29, 1.82) is 0 Å². The first-order chi connectivity index (χ1) is 15.0. The van der Waals surface area contributed by atoms with E-state index in [-0.39, 0.29) is 23.6 Å². The van der Waals surface area contributed by atoms with Crippen LogP contribution in [0.5, 0.6) is 0 Å². The Kier molecular flexibility index (Phi) is 6.42. The molecule has 0 unspecified atom stereocenters. The molecule has 1 amide bonds. The van der Waals surface area contributed by atoms with Gasteiger partial charge in [-0.3, -0.25) is 9.69 Å². The fourth-order valence-corrected chi connectivity index (χ4v) is 4.13. The van der Waals surface area contributed by atoms with Gasteiger partial charge in [-0.25, -0.2) is 8.78 Å². The van der Waals surface area contributed by atoms with E-state index in [4.69, 9.17) is 0 Å². The second-order valence-electron chi connectivity index (χ2n) is 8.11. The average molecular weight is 421 g/mol. The largest absolute Gasteiger partial charge is 0.305 e. The number of amides is 1. The van der Waals surface area contributed by atoms with Crippen LogP contribution in [0.15, 0.2) is 72.8 Å². The predicted octanol–water partition coefficient (Wildman–Crippen LogP) is 5.58.